The fourth-order valence-corrected chi connectivity index (χ4v) is 6.24. The largest absolute Gasteiger partial charge is 0.367 e. The third-order valence-corrected chi connectivity index (χ3v) is 7.99. The Labute approximate surface area is 198 Å². The lowest BCUT2D eigenvalue weighted by Crippen LogP contribution is -2.23. The smallest absolute Gasteiger partial charge is 0.280 e. The molecule has 4 aliphatic rings. The first-order valence-corrected chi connectivity index (χ1v) is 11.6. The standard InChI is InChI=1S/C25H20N8O2/c1-31-12-27-22-20(31)23(34)32(13-28-22)11-18-29-24(30-35-18)25-17-10-33(21(25)19(17)25)16-4-2-3-15(9-16)14-5-7-26-8-6-14/h2-9,12-13,17,19,21H,10-11H2,1H3/t17-,19-,21?,25-/m1/s1. The minimum atomic E-state index is -0.177. The third-order valence-electron chi connectivity index (χ3n) is 7.99. The molecule has 2 saturated heterocycles. The second-order valence-corrected chi connectivity index (χ2v) is 9.67. The van der Waals surface area contributed by atoms with E-state index in [9.17, 15) is 4.79 Å². The molecule has 2 bridgehead atoms. The number of aromatic nitrogens is 7. The van der Waals surface area contributed by atoms with Crippen molar-refractivity contribution in [2.45, 2.75) is 18.0 Å². The summed E-state index contributed by atoms with van der Waals surface area (Å²) in [4.78, 5) is 32.6. The number of rotatable bonds is 5. The third kappa shape index (κ3) is 2.43. The first-order valence-electron chi connectivity index (χ1n) is 11.6. The van der Waals surface area contributed by atoms with Gasteiger partial charge in [-0.05, 0) is 41.3 Å². The fourth-order valence-electron chi connectivity index (χ4n) is 6.24. The van der Waals surface area contributed by atoms with E-state index in [2.05, 4.69) is 49.3 Å². The predicted octanol–water partition coefficient (Wildman–Crippen LogP) is 2.01. The molecule has 10 heteroatoms. The van der Waals surface area contributed by atoms with Gasteiger partial charge in [-0.15, -0.1) is 0 Å². The summed E-state index contributed by atoms with van der Waals surface area (Å²) >= 11 is 0. The van der Waals surface area contributed by atoms with Crippen LogP contribution in [0.5, 0.6) is 0 Å². The number of aryl methyl sites for hydroxylation is 1. The number of hydrogen-bond acceptors (Lipinski definition) is 8. The molecule has 0 radical (unpaired) electrons. The number of piperidine rings is 1. The molecule has 4 atom stereocenters. The van der Waals surface area contributed by atoms with Crippen molar-refractivity contribution in [3.8, 4) is 11.1 Å². The Morgan fingerprint density at radius 3 is 2.83 bits per heavy atom. The van der Waals surface area contributed by atoms with E-state index in [1.54, 1.807) is 17.9 Å². The maximum Gasteiger partial charge on any atom is 0.280 e. The second kappa shape index (κ2) is 6.41. The van der Waals surface area contributed by atoms with Crippen molar-refractivity contribution in [1.82, 2.24) is 34.2 Å². The van der Waals surface area contributed by atoms with Crippen molar-refractivity contribution < 1.29 is 4.52 Å². The number of imidazole rings is 1. The molecule has 0 spiro atoms. The van der Waals surface area contributed by atoms with Crippen LogP contribution >= 0.6 is 0 Å². The number of pyridine rings is 1. The highest BCUT2D eigenvalue weighted by atomic mass is 16.5. The summed E-state index contributed by atoms with van der Waals surface area (Å²) in [5.74, 6) is 2.32. The topological polar surface area (TPSA) is 108 Å². The summed E-state index contributed by atoms with van der Waals surface area (Å²) in [6, 6.07) is 13.1. The SMILES string of the molecule is Cn1cnc2ncn(Cc3nc([C@@]45C6[C@H]4[C@H]5CN6c4cccc(-c5ccncc5)c4)no3)c(=O)c21. The highest BCUT2D eigenvalue weighted by Gasteiger charge is 2.95. The minimum Gasteiger partial charge on any atom is -0.367 e. The Balaban J connectivity index is 1.05. The number of benzene rings is 1. The maximum atomic E-state index is 12.8. The molecule has 4 aromatic heterocycles. The van der Waals surface area contributed by atoms with Crippen molar-refractivity contribution in [1.29, 1.82) is 0 Å². The summed E-state index contributed by atoms with van der Waals surface area (Å²) in [5.41, 5.74) is 4.27. The van der Waals surface area contributed by atoms with Gasteiger partial charge in [-0.3, -0.25) is 14.3 Å². The lowest BCUT2D eigenvalue weighted by molar-refractivity contribution is 0.362. The molecule has 4 fully saturated rings. The lowest BCUT2D eigenvalue weighted by atomic mass is 10.1. The van der Waals surface area contributed by atoms with Crippen molar-refractivity contribution >= 4 is 16.9 Å². The van der Waals surface area contributed by atoms with Crippen molar-refractivity contribution in [2.24, 2.45) is 18.9 Å². The van der Waals surface area contributed by atoms with Crippen LogP contribution in [0.3, 0.4) is 0 Å². The molecule has 0 N–H and O–H groups in total. The molecule has 1 unspecified atom stereocenters. The van der Waals surface area contributed by atoms with E-state index in [0.717, 1.165) is 17.9 Å². The highest BCUT2D eigenvalue weighted by molar-refractivity contribution is 5.72. The Kier molecular flexibility index (Phi) is 3.48. The minimum absolute atomic E-state index is 0.0103. The molecule has 5 aromatic rings. The van der Waals surface area contributed by atoms with Crippen LogP contribution in [0.2, 0.25) is 0 Å². The van der Waals surface area contributed by atoms with Crippen molar-refractivity contribution in [2.75, 3.05) is 11.4 Å². The fraction of sp³-hybridized carbons (Fsp3) is 0.280. The van der Waals surface area contributed by atoms with Gasteiger partial charge >= 0.3 is 0 Å². The van der Waals surface area contributed by atoms with Crippen LogP contribution < -0.4 is 10.5 Å². The average molecular weight is 464 g/mol. The van der Waals surface area contributed by atoms with E-state index in [1.807, 2.05) is 24.5 Å². The molecule has 9 rings (SSSR count). The molecule has 0 amide bonds. The van der Waals surface area contributed by atoms with Gasteiger partial charge in [0, 0.05) is 43.6 Å². The predicted molar refractivity (Wildman–Crippen MR) is 126 cm³/mol. The normalized spacial score (nSPS) is 25.7. The number of nitrogens with zero attached hydrogens (tertiary/aromatic N) is 8. The molecule has 2 aliphatic carbocycles. The molecule has 1 aromatic carbocycles. The van der Waals surface area contributed by atoms with Gasteiger partial charge in [0.15, 0.2) is 17.0 Å². The van der Waals surface area contributed by atoms with Gasteiger partial charge in [-0.2, -0.15) is 4.98 Å². The van der Waals surface area contributed by atoms with Crippen LogP contribution in [0, 0.1) is 11.8 Å². The first-order chi connectivity index (χ1) is 17.2. The Morgan fingerprint density at radius 1 is 1.11 bits per heavy atom. The molecule has 6 heterocycles. The van der Waals surface area contributed by atoms with Gasteiger partial charge in [-0.25, -0.2) is 9.97 Å². The van der Waals surface area contributed by atoms with Crippen molar-refractivity contribution in [3.05, 3.63) is 83.5 Å². The average Bonchev–Trinajstić information content (AvgIpc) is 3.33. The van der Waals surface area contributed by atoms with Crippen LogP contribution in [-0.2, 0) is 19.0 Å². The van der Waals surface area contributed by atoms with Gasteiger partial charge in [0.2, 0.25) is 5.89 Å². The highest BCUT2D eigenvalue weighted by Crippen LogP contribution is 2.85. The first kappa shape index (κ1) is 19.0. The Hall–Kier alpha value is -4.34. The van der Waals surface area contributed by atoms with Crippen molar-refractivity contribution in [3.63, 3.8) is 0 Å². The number of anilines is 1. The van der Waals surface area contributed by atoms with E-state index in [1.165, 1.54) is 22.1 Å². The molecule has 172 valence electrons. The molecular weight excluding hydrogens is 444 g/mol. The van der Waals surface area contributed by atoms with E-state index < -0.39 is 0 Å². The summed E-state index contributed by atoms with van der Waals surface area (Å²) in [6.07, 6.45) is 6.71. The van der Waals surface area contributed by atoms with Crippen LogP contribution in [-0.4, -0.2) is 46.8 Å². The van der Waals surface area contributed by atoms with Gasteiger partial charge in [0.25, 0.3) is 5.56 Å². The maximum absolute atomic E-state index is 12.8. The summed E-state index contributed by atoms with van der Waals surface area (Å²) in [6.45, 7) is 1.19. The molecule has 35 heavy (non-hydrogen) atoms. The van der Waals surface area contributed by atoms with E-state index >= 15 is 0 Å². The second-order valence-electron chi connectivity index (χ2n) is 9.67. The summed E-state index contributed by atoms with van der Waals surface area (Å²) in [5, 5.41) is 4.35. The zero-order valence-corrected chi connectivity index (χ0v) is 18.8. The van der Waals surface area contributed by atoms with E-state index in [-0.39, 0.29) is 17.5 Å². The molecular formula is C25H20N8O2. The van der Waals surface area contributed by atoms with E-state index in [4.69, 9.17) is 9.51 Å². The van der Waals surface area contributed by atoms with Crippen LogP contribution in [0.15, 0.2) is 70.8 Å². The summed E-state index contributed by atoms with van der Waals surface area (Å²) in [7, 11) is 1.78. The zero-order valence-electron chi connectivity index (χ0n) is 18.8. The van der Waals surface area contributed by atoms with Gasteiger partial charge in [0.1, 0.15) is 12.9 Å². The van der Waals surface area contributed by atoms with Gasteiger partial charge in [-0.1, -0.05) is 17.3 Å². The van der Waals surface area contributed by atoms with E-state index in [0.29, 0.717) is 34.9 Å². The molecule has 2 aliphatic heterocycles. The monoisotopic (exact) mass is 464 g/mol. The number of hydrogen-bond donors (Lipinski definition) is 0. The molecule has 10 nitrogen and oxygen atoms in total. The Morgan fingerprint density at radius 2 is 1.97 bits per heavy atom. The van der Waals surface area contributed by atoms with Crippen LogP contribution in [0.25, 0.3) is 22.3 Å². The lowest BCUT2D eigenvalue weighted by Gasteiger charge is -2.19. The van der Waals surface area contributed by atoms with Gasteiger partial charge in [0.05, 0.1) is 11.7 Å². The quantitative estimate of drug-likeness (QED) is 0.389. The zero-order chi connectivity index (χ0) is 23.3. The van der Waals surface area contributed by atoms with Crippen LogP contribution in [0.1, 0.15) is 11.7 Å². The van der Waals surface area contributed by atoms with Crippen LogP contribution in [0.4, 0.5) is 5.69 Å². The number of fused-ring (bicyclic) bond motifs is 2. The molecule has 2 saturated carbocycles. The summed E-state index contributed by atoms with van der Waals surface area (Å²) < 4.78 is 8.75. The Bertz CT molecular complexity index is 1680. The van der Waals surface area contributed by atoms with Gasteiger partial charge < -0.3 is 14.0 Å².